The highest BCUT2D eigenvalue weighted by Gasteiger charge is 2.20. The maximum Gasteiger partial charge on any atom is 0.254 e. The van der Waals surface area contributed by atoms with Crippen LogP contribution in [-0.2, 0) is 22.4 Å². The van der Waals surface area contributed by atoms with Crippen LogP contribution < -0.4 is 15.0 Å². The second-order valence-electron chi connectivity index (χ2n) is 6.29. The number of rotatable bonds is 5. The first kappa shape index (κ1) is 17.5. The minimum Gasteiger partial charge on any atom is -0.491 e. The third kappa shape index (κ3) is 3.60. The maximum atomic E-state index is 12.5. The van der Waals surface area contributed by atoms with Crippen LogP contribution in [-0.4, -0.2) is 43.0 Å². The highest BCUT2D eigenvalue weighted by Crippen LogP contribution is 2.33. The molecule has 7 heteroatoms. The predicted molar refractivity (Wildman–Crippen MR) is 100 cm³/mol. The first-order valence-electron chi connectivity index (χ1n) is 8.68. The van der Waals surface area contributed by atoms with E-state index < -0.39 is 0 Å². The largest absolute Gasteiger partial charge is 0.491 e. The fourth-order valence-electron chi connectivity index (χ4n) is 3.34. The summed E-state index contributed by atoms with van der Waals surface area (Å²) in [4.78, 5) is 12.5. The lowest BCUT2D eigenvalue weighted by atomic mass is 9.97. The van der Waals surface area contributed by atoms with Crippen molar-refractivity contribution < 1.29 is 18.9 Å². The second kappa shape index (κ2) is 7.73. The average Bonchev–Trinajstić information content (AvgIpc) is 2.67. The molecule has 138 valence electrons. The molecule has 2 aliphatic rings. The molecule has 26 heavy (non-hydrogen) atoms. The summed E-state index contributed by atoms with van der Waals surface area (Å²) in [5.74, 6) is 1.58. The second-order valence-corrected chi connectivity index (χ2v) is 6.55. The third-order valence-corrected chi connectivity index (χ3v) is 4.74. The molecule has 0 radical (unpaired) electrons. The smallest absolute Gasteiger partial charge is 0.254 e. The number of pyridine rings is 1. The topological polar surface area (TPSA) is 58.9 Å². The van der Waals surface area contributed by atoms with Crippen molar-refractivity contribution >= 4 is 12.6 Å². The quantitative estimate of drug-likeness (QED) is 0.641. The van der Waals surface area contributed by atoms with Crippen LogP contribution in [0.15, 0.2) is 35.1 Å². The van der Waals surface area contributed by atoms with Gasteiger partial charge in [-0.05, 0) is 24.1 Å². The number of aromatic nitrogens is 1. The minimum atomic E-state index is -0.106. The van der Waals surface area contributed by atoms with Gasteiger partial charge < -0.3 is 23.5 Å². The van der Waals surface area contributed by atoms with Crippen molar-refractivity contribution in [3.8, 4) is 22.8 Å². The Hall–Kier alpha value is -1.96. The lowest BCUT2D eigenvalue weighted by molar-refractivity contribution is -0.101. The van der Waals surface area contributed by atoms with Crippen LogP contribution in [0.2, 0.25) is 0 Å². The molecule has 0 N–H and O–H groups in total. The summed E-state index contributed by atoms with van der Waals surface area (Å²) in [7, 11) is 0. The molecule has 1 saturated heterocycles. The van der Waals surface area contributed by atoms with Gasteiger partial charge in [-0.25, -0.2) is 0 Å². The van der Waals surface area contributed by atoms with Gasteiger partial charge in [0.1, 0.15) is 30.1 Å². The normalized spacial score (nSPS) is 18.7. The molecule has 2 aliphatic heterocycles. The highest BCUT2D eigenvalue weighted by molar-refractivity contribution is 7.80. The van der Waals surface area contributed by atoms with Gasteiger partial charge in [0.2, 0.25) is 0 Å². The molecule has 1 aromatic heterocycles. The van der Waals surface area contributed by atoms with Crippen LogP contribution in [0, 0.1) is 0 Å². The summed E-state index contributed by atoms with van der Waals surface area (Å²) in [5, 5.41) is 0. The van der Waals surface area contributed by atoms with Crippen molar-refractivity contribution in [1.29, 1.82) is 0 Å². The molecule has 0 aliphatic carbocycles. The van der Waals surface area contributed by atoms with Crippen molar-refractivity contribution in [2.24, 2.45) is 0 Å². The van der Waals surface area contributed by atoms with E-state index in [1.54, 1.807) is 4.57 Å². The molecule has 0 spiro atoms. The molecular weight excluding hydrogens is 354 g/mol. The van der Waals surface area contributed by atoms with E-state index in [-0.39, 0.29) is 11.7 Å². The molecular formula is C19H21NO5S. The van der Waals surface area contributed by atoms with Crippen LogP contribution in [0.4, 0.5) is 0 Å². The Bertz CT molecular complexity index is 844. The van der Waals surface area contributed by atoms with Gasteiger partial charge in [0, 0.05) is 24.2 Å². The van der Waals surface area contributed by atoms with E-state index in [1.165, 1.54) is 11.6 Å². The number of hydrogen-bond donors (Lipinski definition) is 1. The summed E-state index contributed by atoms with van der Waals surface area (Å²) < 4.78 is 24.1. The average molecular weight is 375 g/mol. The molecule has 3 heterocycles. The molecule has 1 aromatic carbocycles. The van der Waals surface area contributed by atoms with Gasteiger partial charge in [-0.2, -0.15) is 0 Å². The molecule has 1 atom stereocenters. The van der Waals surface area contributed by atoms with Crippen molar-refractivity contribution in [2.75, 3.05) is 32.4 Å². The first-order chi connectivity index (χ1) is 12.7. The van der Waals surface area contributed by atoms with Crippen LogP contribution in [0.3, 0.4) is 0 Å². The monoisotopic (exact) mass is 375 g/mol. The van der Waals surface area contributed by atoms with Gasteiger partial charge in [-0.15, -0.1) is 12.6 Å². The Morgan fingerprint density at radius 2 is 2.08 bits per heavy atom. The molecule has 0 bridgehead atoms. The molecule has 4 rings (SSSR count). The van der Waals surface area contributed by atoms with Gasteiger partial charge in [0.05, 0.1) is 25.5 Å². The van der Waals surface area contributed by atoms with E-state index in [0.29, 0.717) is 44.7 Å². The minimum absolute atomic E-state index is 0.0653. The van der Waals surface area contributed by atoms with Gasteiger partial charge in [-0.3, -0.25) is 4.79 Å². The van der Waals surface area contributed by atoms with Crippen LogP contribution >= 0.6 is 12.6 Å². The summed E-state index contributed by atoms with van der Waals surface area (Å²) in [5.41, 5.74) is 2.97. The van der Waals surface area contributed by atoms with Gasteiger partial charge in [-0.1, -0.05) is 6.07 Å². The van der Waals surface area contributed by atoms with E-state index in [4.69, 9.17) is 18.9 Å². The number of thiol groups is 1. The van der Waals surface area contributed by atoms with Crippen LogP contribution in [0.1, 0.15) is 5.56 Å². The molecule has 1 fully saturated rings. The zero-order chi connectivity index (χ0) is 17.9. The first-order valence-corrected chi connectivity index (χ1v) is 9.32. The summed E-state index contributed by atoms with van der Waals surface area (Å²) in [6, 6.07) is 9.38. The van der Waals surface area contributed by atoms with Crippen molar-refractivity contribution in [3.05, 3.63) is 46.2 Å². The lowest BCUT2D eigenvalue weighted by Crippen LogP contribution is -2.33. The Morgan fingerprint density at radius 3 is 2.88 bits per heavy atom. The summed E-state index contributed by atoms with van der Waals surface area (Å²) in [6.45, 7) is 2.72. The lowest BCUT2D eigenvalue weighted by Gasteiger charge is -2.25. The van der Waals surface area contributed by atoms with E-state index in [1.807, 2.05) is 24.3 Å². The Kier molecular flexibility index (Phi) is 5.19. The number of nitrogens with zero attached hydrogens (tertiary/aromatic N) is 1. The SMILES string of the molecule is O=c1cc(OCC2COCCO2)cc2n1CCc1ccc(OCS)cc1-2. The number of benzene rings is 1. The van der Waals surface area contributed by atoms with Crippen molar-refractivity contribution in [3.63, 3.8) is 0 Å². The Labute approximate surface area is 157 Å². The fourth-order valence-corrected chi connectivity index (χ4v) is 3.49. The standard InChI is InChI=1S/C19H21NO5S/c21-19-9-15(24-11-16-10-22-5-6-23-16)8-18-17-7-14(25-12-26)2-1-13(17)3-4-20(18)19/h1-2,7-9,16,26H,3-6,10-12H2. The highest BCUT2D eigenvalue weighted by atomic mass is 32.1. The molecule has 0 saturated carbocycles. The van der Waals surface area contributed by atoms with E-state index in [9.17, 15) is 4.79 Å². The molecule has 0 amide bonds. The summed E-state index contributed by atoms with van der Waals surface area (Å²) in [6.07, 6.45) is 0.710. The van der Waals surface area contributed by atoms with Gasteiger partial charge >= 0.3 is 0 Å². The van der Waals surface area contributed by atoms with Crippen molar-refractivity contribution in [1.82, 2.24) is 4.57 Å². The summed E-state index contributed by atoms with van der Waals surface area (Å²) >= 11 is 4.10. The fraction of sp³-hybridized carbons (Fsp3) is 0.421. The Morgan fingerprint density at radius 1 is 1.15 bits per heavy atom. The van der Waals surface area contributed by atoms with Crippen molar-refractivity contribution in [2.45, 2.75) is 19.1 Å². The van der Waals surface area contributed by atoms with Crippen LogP contribution in [0.25, 0.3) is 11.3 Å². The number of ether oxygens (including phenoxy) is 4. The van der Waals surface area contributed by atoms with Crippen LogP contribution in [0.5, 0.6) is 11.5 Å². The third-order valence-electron chi connectivity index (χ3n) is 4.62. The van der Waals surface area contributed by atoms with Gasteiger partial charge in [0.15, 0.2) is 0 Å². The van der Waals surface area contributed by atoms with Gasteiger partial charge in [0.25, 0.3) is 5.56 Å². The predicted octanol–water partition coefficient (Wildman–Crippen LogP) is 2.13. The molecule has 1 unspecified atom stereocenters. The molecule has 6 nitrogen and oxygen atoms in total. The number of hydrogen-bond acceptors (Lipinski definition) is 6. The Balaban J connectivity index is 1.62. The number of fused-ring (bicyclic) bond motifs is 3. The molecule has 2 aromatic rings. The maximum absolute atomic E-state index is 12.5. The van der Waals surface area contributed by atoms with E-state index >= 15 is 0 Å². The van der Waals surface area contributed by atoms with E-state index in [0.717, 1.165) is 23.4 Å². The zero-order valence-corrected chi connectivity index (χ0v) is 15.2. The number of aryl methyl sites for hydroxylation is 1. The zero-order valence-electron chi connectivity index (χ0n) is 14.3. The van der Waals surface area contributed by atoms with E-state index in [2.05, 4.69) is 12.6 Å².